The summed E-state index contributed by atoms with van der Waals surface area (Å²) in [6, 6.07) is 18.3. The molecule has 30 heavy (non-hydrogen) atoms. The molecule has 5 nitrogen and oxygen atoms in total. The van der Waals surface area contributed by atoms with Gasteiger partial charge < -0.3 is 15.2 Å². The molecular formula is C25H33NO4. The summed E-state index contributed by atoms with van der Waals surface area (Å²) in [5.74, 6) is -1.90. The Hall–Kier alpha value is -2.66. The molecule has 2 aromatic rings. The standard InChI is InChI=1S/C25H33NO4/c1-6-29-23(28)25(5,26)21(22(27)30-24(2,3)4)17-14-18-12-15-20(16-13-18)19-10-8-7-9-11-19/h7-13,15-16,21H,6,14,17,26H2,1-5H3. The highest BCUT2D eigenvalue weighted by atomic mass is 16.6. The van der Waals surface area contributed by atoms with Gasteiger partial charge in [0, 0.05) is 0 Å². The fraction of sp³-hybridized carbons (Fsp3) is 0.440. The summed E-state index contributed by atoms with van der Waals surface area (Å²) >= 11 is 0. The molecule has 0 saturated carbocycles. The third-order valence-corrected chi connectivity index (χ3v) is 4.91. The summed E-state index contributed by atoms with van der Waals surface area (Å²) < 4.78 is 10.7. The predicted molar refractivity (Wildman–Crippen MR) is 119 cm³/mol. The van der Waals surface area contributed by atoms with Gasteiger partial charge >= 0.3 is 11.9 Å². The second kappa shape index (κ2) is 9.90. The molecule has 0 saturated heterocycles. The number of esters is 2. The van der Waals surface area contributed by atoms with Crippen LogP contribution in [0.4, 0.5) is 0 Å². The second-order valence-electron chi connectivity index (χ2n) is 8.69. The maximum atomic E-state index is 12.9. The Morgan fingerprint density at radius 2 is 1.50 bits per heavy atom. The summed E-state index contributed by atoms with van der Waals surface area (Å²) in [5.41, 5.74) is 7.49. The first-order valence-corrected chi connectivity index (χ1v) is 10.4. The zero-order chi connectivity index (χ0) is 22.4. The molecule has 0 aliphatic rings. The Bertz CT molecular complexity index is 836. The third-order valence-electron chi connectivity index (χ3n) is 4.91. The molecule has 2 unspecified atom stereocenters. The zero-order valence-electron chi connectivity index (χ0n) is 18.6. The van der Waals surface area contributed by atoms with Gasteiger partial charge in [0.2, 0.25) is 0 Å². The maximum Gasteiger partial charge on any atom is 0.326 e. The van der Waals surface area contributed by atoms with Gasteiger partial charge in [-0.2, -0.15) is 0 Å². The van der Waals surface area contributed by atoms with Crippen molar-refractivity contribution in [3.8, 4) is 11.1 Å². The summed E-state index contributed by atoms with van der Waals surface area (Å²) in [6.45, 7) is 8.84. The van der Waals surface area contributed by atoms with Crippen LogP contribution >= 0.6 is 0 Å². The minimum absolute atomic E-state index is 0.202. The Labute approximate surface area is 179 Å². The Kier molecular flexibility index (Phi) is 7.79. The van der Waals surface area contributed by atoms with E-state index in [2.05, 4.69) is 24.3 Å². The first-order chi connectivity index (χ1) is 14.0. The summed E-state index contributed by atoms with van der Waals surface area (Å²) in [5, 5.41) is 0. The van der Waals surface area contributed by atoms with Crippen LogP contribution in [-0.4, -0.2) is 29.7 Å². The lowest BCUT2D eigenvalue weighted by Crippen LogP contribution is -2.56. The van der Waals surface area contributed by atoms with Crippen LogP contribution < -0.4 is 5.73 Å². The molecule has 0 bridgehead atoms. The molecule has 0 aliphatic heterocycles. The Balaban J connectivity index is 2.17. The van der Waals surface area contributed by atoms with Crippen LogP contribution in [0.5, 0.6) is 0 Å². The molecule has 2 atom stereocenters. The molecule has 0 spiro atoms. The number of nitrogens with two attached hydrogens (primary N) is 1. The van der Waals surface area contributed by atoms with E-state index in [1.54, 1.807) is 27.7 Å². The van der Waals surface area contributed by atoms with Crippen LogP contribution in [0, 0.1) is 5.92 Å². The fourth-order valence-corrected chi connectivity index (χ4v) is 3.27. The maximum absolute atomic E-state index is 12.9. The molecule has 0 aromatic heterocycles. The van der Waals surface area contributed by atoms with E-state index in [4.69, 9.17) is 15.2 Å². The topological polar surface area (TPSA) is 78.6 Å². The van der Waals surface area contributed by atoms with Crippen LogP contribution in [0.2, 0.25) is 0 Å². The number of aryl methyl sites for hydroxylation is 1. The van der Waals surface area contributed by atoms with Gasteiger partial charge in [-0.15, -0.1) is 0 Å². The van der Waals surface area contributed by atoms with Gasteiger partial charge in [0.05, 0.1) is 12.5 Å². The van der Waals surface area contributed by atoms with Gasteiger partial charge in [0.15, 0.2) is 0 Å². The molecule has 162 valence electrons. The van der Waals surface area contributed by atoms with Gasteiger partial charge in [0.1, 0.15) is 11.1 Å². The van der Waals surface area contributed by atoms with Crippen molar-refractivity contribution in [3.63, 3.8) is 0 Å². The largest absolute Gasteiger partial charge is 0.465 e. The lowest BCUT2D eigenvalue weighted by atomic mass is 9.82. The average molecular weight is 412 g/mol. The molecule has 0 aliphatic carbocycles. The molecule has 2 N–H and O–H groups in total. The van der Waals surface area contributed by atoms with E-state index < -0.39 is 29.0 Å². The van der Waals surface area contributed by atoms with Gasteiger partial charge in [-0.3, -0.25) is 9.59 Å². The third kappa shape index (κ3) is 6.42. The van der Waals surface area contributed by atoms with Crippen LogP contribution in [0.25, 0.3) is 11.1 Å². The summed E-state index contributed by atoms with van der Waals surface area (Å²) in [6.07, 6.45) is 0.969. The Morgan fingerprint density at radius 3 is 2.03 bits per heavy atom. The van der Waals surface area contributed by atoms with E-state index in [9.17, 15) is 9.59 Å². The smallest absolute Gasteiger partial charge is 0.326 e. The minimum atomic E-state index is -1.47. The highest BCUT2D eigenvalue weighted by molar-refractivity contribution is 5.88. The van der Waals surface area contributed by atoms with E-state index in [1.165, 1.54) is 6.92 Å². The van der Waals surface area contributed by atoms with Crippen LogP contribution in [0.3, 0.4) is 0 Å². The molecule has 0 heterocycles. The van der Waals surface area contributed by atoms with Crippen molar-refractivity contribution in [2.24, 2.45) is 11.7 Å². The van der Waals surface area contributed by atoms with Crippen molar-refractivity contribution in [2.75, 3.05) is 6.61 Å². The lowest BCUT2D eigenvalue weighted by Gasteiger charge is -2.32. The number of rotatable bonds is 8. The van der Waals surface area contributed by atoms with Crippen molar-refractivity contribution in [1.29, 1.82) is 0 Å². The van der Waals surface area contributed by atoms with Crippen molar-refractivity contribution in [1.82, 2.24) is 0 Å². The zero-order valence-corrected chi connectivity index (χ0v) is 18.6. The monoisotopic (exact) mass is 411 g/mol. The molecule has 0 radical (unpaired) electrons. The number of hydrogen-bond donors (Lipinski definition) is 1. The normalized spacial score (nSPS) is 14.5. The molecule has 0 amide bonds. The van der Waals surface area contributed by atoms with Gasteiger partial charge in [-0.1, -0.05) is 54.6 Å². The van der Waals surface area contributed by atoms with Gasteiger partial charge in [0.25, 0.3) is 0 Å². The SMILES string of the molecule is CCOC(=O)C(C)(N)C(CCc1ccc(-c2ccccc2)cc1)C(=O)OC(C)(C)C. The predicted octanol–water partition coefficient (Wildman–Crippen LogP) is 4.52. The van der Waals surface area contributed by atoms with E-state index in [0.29, 0.717) is 12.8 Å². The molecule has 0 fully saturated rings. The minimum Gasteiger partial charge on any atom is -0.465 e. The van der Waals surface area contributed by atoms with Crippen molar-refractivity contribution in [2.45, 2.75) is 58.6 Å². The van der Waals surface area contributed by atoms with E-state index in [0.717, 1.165) is 16.7 Å². The van der Waals surface area contributed by atoms with E-state index in [1.807, 2.05) is 30.3 Å². The fourth-order valence-electron chi connectivity index (χ4n) is 3.27. The lowest BCUT2D eigenvalue weighted by molar-refractivity contribution is -0.169. The van der Waals surface area contributed by atoms with Crippen LogP contribution in [-0.2, 0) is 25.5 Å². The Morgan fingerprint density at radius 1 is 0.933 bits per heavy atom. The number of benzene rings is 2. The van der Waals surface area contributed by atoms with Gasteiger partial charge in [-0.05, 0) is 64.2 Å². The molecule has 2 rings (SSSR count). The van der Waals surface area contributed by atoms with Crippen LogP contribution in [0.15, 0.2) is 54.6 Å². The van der Waals surface area contributed by atoms with Gasteiger partial charge in [-0.25, -0.2) is 0 Å². The van der Waals surface area contributed by atoms with E-state index in [-0.39, 0.29) is 6.61 Å². The molecule has 5 heteroatoms. The number of ether oxygens (including phenoxy) is 2. The number of carbonyl (C=O) groups is 2. The van der Waals surface area contributed by atoms with E-state index >= 15 is 0 Å². The van der Waals surface area contributed by atoms with Crippen LogP contribution in [0.1, 0.15) is 46.6 Å². The summed E-state index contributed by atoms with van der Waals surface area (Å²) in [4.78, 5) is 25.3. The van der Waals surface area contributed by atoms with Crippen molar-refractivity contribution < 1.29 is 19.1 Å². The quantitative estimate of drug-likeness (QED) is 0.646. The highest BCUT2D eigenvalue weighted by Crippen LogP contribution is 2.27. The van der Waals surface area contributed by atoms with Crippen molar-refractivity contribution >= 4 is 11.9 Å². The highest BCUT2D eigenvalue weighted by Gasteiger charge is 2.44. The number of carbonyl (C=O) groups excluding carboxylic acids is 2. The molecule has 2 aromatic carbocycles. The first-order valence-electron chi connectivity index (χ1n) is 10.4. The summed E-state index contributed by atoms with van der Waals surface area (Å²) in [7, 11) is 0. The average Bonchev–Trinajstić information content (AvgIpc) is 2.68. The first kappa shape index (κ1) is 23.6. The second-order valence-corrected chi connectivity index (χ2v) is 8.69. The molecular weight excluding hydrogens is 378 g/mol. The number of hydrogen-bond acceptors (Lipinski definition) is 5. The van der Waals surface area contributed by atoms with Crippen molar-refractivity contribution in [3.05, 3.63) is 60.2 Å².